The SMILES string of the molecule is Nc1nc(N2CCC3(CCC[C@H]3N)CC2)cnc1Sc1ccnc(F)c1Cl. The van der Waals surface area contributed by atoms with Crippen LogP contribution in [-0.2, 0) is 0 Å². The fourth-order valence-electron chi connectivity index (χ4n) is 4.17. The first kappa shape index (κ1) is 18.7. The number of nitrogens with zero attached hydrogens (tertiary/aromatic N) is 4. The third kappa shape index (κ3) is 3.58. The van der Waals surface area contributed by atoms with Crippen molar-refractivity contribution in [2.24, 2.45) is 11.1 Å². The Labute approximate surface area is 166 Å². The standard InChI is InChI=1S/C18H22ClFN6S/c19-14-11(3-7-23-15(14)20)27-17-16(22)25-13(10-24-17)26-8-5-18(6-9-26)4-1-2-12(18)21/h3,7,10,12H,1-2,4-6,8-9,21H2,(H2,22,25)/t12-/m1/s1. The van der Waals surface area contributed by atoms with Crippen LogP contribution in [0.3, 0.4) is 0 Å². The molecule has 2 aromatic heterocycles. The molecule has 1 atom stereocenters. The van der Waals surface area contributed by atoms with E-state index in [1.54, 1.807) is 12.3 Å². The molecule has 0 amide bonds. The van der Waals surface area contributed by atoms with E-state index in [9.17, 15) is 4.39 Å². The van der Waals surface area contributed by atoms with Gasteiger partial charge in [0.15, 0.2) is 5.82 Å². The lowest BCUT2D eigenvalue weighted by Crippen LogP contribution is -2.47. The second-order valence-corrected chi connectivity index (χ2v) is 8.69. The molecule has 0 aromatic carbocycles. The van der Waals surface area contributed by atoms with Gasteiger partial charge >= 0.3 is 0 Å². The molecule has 1 aliphatic heterocycles. The van der Waals surface area contributed by atoms with Gasteiger partial charge in [-0.25, -0.2) is 15.0 Å². The Hall–Kier alpha value is -1.64. The van der Waals surface area contributed by atoms with Gasteiger partial charge in [-0.2, -0.15) is 4.39 Å². The highest BCUT2D eigenvalue weighted by molar-refractivity contribution is 7.99. The fraction of sp³-hybridized carbons (Fsp3) is 0.500. The third-order valence-corrected chi connectivity index (χ3v) is 7.37. The quantitative estimate of drug-likeness (QED) is 0.750. The average Bonchev–Trinajstić information content (AvgIpc) is 3.01. The molecular weight excluding hydrogens is 387 g/mol. The first-order chi connectivity index (χ1) is 13.0. The van der Waals surface area contributed by atoms with Crippen LogP contribution >= 0.6 is 23.4 Å². The molecule has 1 aliphatic carbocycles. The van der Waals surface area contributed by atoms with Crippen molar-refractivity contribution in [1.82, 2.24) is 15.0 Å². The maximum Gasteiger partial charge on any atom is 0.232 e. The number of piperidine rings is 1. The van der Waals surface area contributed by atoms with Gasteiger partial charge in [0.05, 0.1) is 6.20 Å². The zero-order valence-corrected chi connectivity index (χ0v) is 16.4. The van der Waals surface area contributed by atoms with Crippen molar-refractivity contribution in [2.75, 3.05) is 23.7 Å². The van der Waals surface area contributed by atoms with Crippen LogP contribution in [0.2, 0.25) is 5.02 Å². The Kier molecular flexibility index (Phi) is 5.13. The monoisotopic (exact) mass is 408 g/mol. The Balaban J connectivity index is 1.47. The van der Waals surface area contributed by atoms with Crippen LogP contribution in [0.4, 0.5) is 16.0 Å². The topological polar surface area (TPSA) is 94.0 Å². The Morgan fingerprint density at radius 3 is 2.70 bits per heavy atom. The summed E-state index contributed by atoms with van der Waals surface area (Å²) in [6.45, 7) is 1.82. The van der Waals surface area contributed by atoms with Crippen LogP contribution < -0.4 is 16.4 Å². The van der Waals surface area contributed by atoms with E-state index in [1.165, 1.54) is 30.8 Å². The summed E-state index contributed by atoms with van der Waals surface area (Å²) in [7, 11) is 0. The summed E-state index contributed by atoms with van der Waals surface area (Å²) in [5.41, 5.74) is 12.8. The molecule has 0 radical (unpaired) electrons. The number of rotatable bonds is 3. The van der Waals surface area contributed by atoms with Gasteiger partial charge in [0.25, 0.3) is 0 Å². The zero-order valence-electron chi connectivity index (χ0n) is 14.9. The molecule has 2 aliphatic rings. The number of nitrogen functional groups attached to an aromatic ring is 1. The number of hydrogen-bond donors (Lipinski definition) is 2. The van der Waals surface area contributed by atoms with Crippen molar-refractivity contribution in [3.05, 3.63) is 29.4 Å². The summed E-state index contributed by atoms with van der Waals surface area (Å²) in [5.74, 6) is 0.367. The number of nitrogens with two attached hydrogens (primary N) is 2. The summed E-state index contributed by atoms with van der Waals surface area (Å²) in [5, 5.41) is 0.458. The van der Waals surface area contributed by atoms with E-state index in [0.29, 0.717) is 27.2 Å². The van der Waals surface area contributed by atoms with E-state index in [2.05, 4.69) is 19.9 Å². The Morgan fingerprint density at radius 1 is 1.26 bits per heavy atom. The van der Waals surface area contributed by atoms with Crippen molar-refractivity contribution in [1.29, 1.82) is 0 Å². The molecular formula is C18H22ClFN6S. The molecule has 4 rings (SSSR count). The van der Waals surface area contributed by atoms with Crippen LogP contribution in [0.15, 0.2) is 28.4 Å². The zero-order chi connectivity index (χ0) is 19.0. The number of halogens is 2. The fourth-order valence-corrected chi connectivity index (χ4v) is 5.16. The third-order valence-electron chi connectivity index (χ3n) is 5.83. The molecule has 2 aromatic rings. The lowest BCUT2D eigenvalue weighted by Gasteiger charge is -2.42. The van der Waals surface area contributed by atoms with E-state index >= 15 is 0 Å². The Bertz CT molecular complexity index is 843. The van der Waals surface area contributed by atoms with Crippen molar-refractivity contribution in [2.45, 2.75) is 48.1 Å². The highest BCUT2D eigenvalue weighted by Gasteiger charge is 2.43. The predicted molar refractivity (Wildman–Crippen MR) is 105 cm³/mol. The van der Waals surface area contributed by atoms with Gasteiger partial charge in [-0.05, 0) is 37.2 Å². The van der Waals surface area contributed by atoms with Crippen molar-refractivity contribution < 1.29 is 4.39 Å². The maximum atomic E-state index is 13.5. The summed E-state index contributed by atoms with van der Waals surface area (Å²) >= 11 is 7.13. The molecule has 0 unspecified atom stereocenters. The molecule has 1 saturated carbocycles. The van der Waals surface area contributed by atoms with Gasteiger partial charge in [-0.15, -0.1) is 0 Å². The number of anilines is 2. The summed E-state index contributed by atoms with van der Waals surface area (Å²) in [6.07, 6.45) is 8.84. The van der Waals surface area contributed by atoms with Crippen molar-refractivity contribution in [3.63, 3.8) is 0 Å². The van der Waals surface area contributed by atoms with Crippen LogP contribution in [0.25, 0.3) is 0 Å². The average molecular weight is 409 g/mol. The molecule has 3 heterocycles. The number of aromatic nitrogens is 3. The minimum absolute atomic E-state index is 0.0398. The lowest BCUT2D eigenvalue weighted by atomic mass is 9.74. The molecule has 1 saturated heterocycles. The lowest BCUT2D eigenvalue weighted by molar-refractivity contribution is 0.197. The minimum atomic E-state index is -0.711. The molecule has 0 bridgehead atoms. The van der Waals surface area contributed by atoms with Crippen LogP contribution in [0, 0.1) is 11.4 Å². The van der Waals surface area contributed by atoms with Crippen molar-refractivity contribution >= 4 is 35.0 Å². The second-order valence-electron chi connectivity index (χ2n) is 7.28. The predicted octanol–water partition coefficient (Wildman–Crippen LogP) is 3.50. The van der Waals surface area contributed by atoms with Crippen LogP contribution in [0.1, 0.15) is 32.1 Å². The van der Waals surface area contributed by atoms with Gasteiger partial charge in [0.1, 0.15) is 15.9 Å². The molecule has 6 nitrogen and oxygen atoms in total. The summed E-state index contributed by atoms with van der Waals surface area (Å²) in [6, 6.07) is 1.94. The molecule has 1 spiro atoms. The molecule has 4 N–H and O–H groups in total. The van der Waals surface area contributed by atoms with E-state index in [0.717, 1.165) is 38.2 Å². The van der Waals surface area contributed by atoms with Crippen LogP contribution in [-0.4, -0.2) is 34.1 Å². The second kappa shape index (κ2) is 7.41. The largest absolute Gasteiger partial charge is 0.381 e. The first-order valence-corrected chi connectivity index (χ1v) is 10.3. The van der Waals surface area contributed by atoms with E-state index in [4.69, 9.17) is 23.1 Å². The van der Waals surface area contributed by atoms with E-state index < -0.39 is 5.95 Å². The minimum Gasteiger partial charge on any atom is -0.381 e. The number of hydrogen-bond acceptors (Lipinski definition) is 7. The highest BCUT2D eigenvalue weighted by atomic mass is 35.5. The normalized spacial score (nSPS) is 21.7. The summed E-state index contributed by atoms with van der Waals surface area (Å²) < 4.78 is 13.5. The number of pyridine rings is 1. The van der Waals surface area contributed by atoms with Gasteiger partial charge < -0.3 is 16.4 Å². The molecule has 27 heavy (non-hydrogen) atoms. The summed E-state index contributed by atoms with van der Waals surface area (Å²) in [4.78, 5) is 15.2. The Morgan fingerprint density at radius 2 is 2.04 bits per heavy atom. The van der Waals surface area contributed by atoms with E-state index in [-0.39, 0.29) is 5.02 Å². The smallest absolute Gasteiger partial charge is 0.232 e. The van der Waals surface area contributed by atoms with Gasteiger partial charge in [-0.3, -0.25) is 0 Å². The molecule has 2 fully saturated rings. The van der Waals surface area contributed by atoms with Gasteiger partial charge in [-0.1, -0.05) is 29.8 Å². The van der Waals surface area contributed by atoms with Crippen LogP contribution in [0.5, 0.6) is 0 Å². The first-order valence-electron chi connectivity index (χ1n) is 9.09. The van der Waals surface area contributed by atoms with Crippen molar-refractivity contribution in [3.8, 4) is 0 Å². The highest BCUT2D eigenvalue weighted by Crippen LogP contribution is 2.46. The van der Waals surface area contributed by atoms with Gasteiger partial charge in [0.2, 0.25) is 5.95 Å². The molecule has 144 valence electrons. The van der Waals surface area contributed by atoms with E-state index in [1.807, 2.05) is 0 Å². The van der Waals surface area contributed by atoms with Gasteiger partial charge in [0, 0.05) is 30.2 Å². The maximum absolute atomic E-state index is 13.5. The molecule has 9 heteroatoms.